The highest BCUT2D eigenvalue weighted by atomic mass is 15.1. The highest BCUT2D eigenvalue weighted by molar-refractivity contribution is 5.62. The molecular weight excluding hydrogens is 196 g/mol. The van der Waals surface area contributed by atoms with E-state index in [9.17, 15) is 0 Å². The van der Waals surface area contributed by atoms with E-state index in [2.05, 4.69) is 34.1 Å². The van der Waals surface area contributed by atoms with Crippen molar-refractivity contribution in [1.29, 1.82) is 0 Å². The van der Waals surface area contributed by atoms with Gasteiger partial charge in [0.05, 0.1) is 5.69 Å². The van der Waals surface area contributed by atoms with E-state index in [0.717, 1.165) is 12.2 Å². The van der Waals surface area contributed by atoms with Crippen LogP contribution in [0.2, 0.25) is 0 Å². The summed E-state index contributed by atoms with van der Waals surface area (Å²) in [5, 5.41) is 0. The van der Waals surface area contributed by atoms with Crippen LogP contribution in [0, 0.1) is 0 Å². The first-order valence-electron chi connectivity index (χ1n) is 5.41. The molecule has 82 valence electrons. The van der Waals surface area contributed by atoms with Gasteiger partial charge in [0, 0.05) is 18.3 Å². The van der Waals surface area contributed by atoms with E-state index >= 15 is 0 Å². The van der Waals surface area contributed by atoms with Crippen molar-refractivity contribution in [3.63, 3.8) is 0 Å². The molecule has 0 aliphatic carbocycles. The van der Waals surface area contributed by atoms with Crippen molar-refractivity contribution in [2.75, 3.05) is 14.1 Å². The van der Waals surface area contributed by atoms with Gasteiger partial charge in [0.15, 0.2) is 0 Å². The normalized spacial score (nSPS) is 10.7. The van der Waals surface area contributed by atoms with Gasteiger partial charge in [0.2, 0.25) is 0 Å². The van der Waals surface area contributed by atoms with Gasteiger partial charge in [-0.2, -0.15) is 0 Å². The largest absolute Gasteiger partial charge is 0.304 e. The Morgan fingerprint density at radius 2 is 1.69 bits per heavy atom. The number of aromatic nitrogens is 1. The third kappa shape index (κ3) is 2.67. The SMILES string of the molecule is CN(C)Cc1ccc(-c2ccccc2)cn1. The average molecular weight is 212 g/mol. The van der Waals surface area contributed by atoms with Crippen LogP contribution >= 0.6 is 0 Å². The van der Waals surface area contributed by atoms with Gasteiger partial charge in [-0.05, 0) is 25.7 Å². The van der Waals surface area contributed by atoms with Crippen molar-refractivity contribution in [3.8, 4) is 11.1 Å². The van der Waals surface area contributed by atoms with E-state index < -0.39 is 0 Å². The highest BCUT2D eigenvalue weighted by Crippen LogP contribution is 2.17. The summed E-state index contributed by atoms with van der Waals surface area (Å²) in [7, 11) is 4.10. The van der Waals surface area contributed by atoms with Gasteiger partial charge in [-0.1, -0.05) is 36.4 Å². The van der Waals surface area contributed by atoms with Gasteiger partial charge < -0.3 is 4.90 Å². The molecule has 2 nitrogen and oxygen atoms in total. The Morgan fingerprint density at radius 3 is 2.25 bits per heavy atom. The van der Waals surface area contributed by atoms with E-state index in [1.165, 1.54) is 11.1 Å². The molecular formula is C14H16N2. The van der Waals surface area contributed by atoms with Crippen molar-refractivity contribution >= 4 is 0 Å². The molecule has 0 aliphatic rings. The number of hydrogen-bond donors (Lipinski definition) is 0. The lowest BCUT2D eigenvalue weighted by molar-refractivity contribution is 0.397. The van der Waals surface area contributed by atoms with Crippen LogP contribution in [-0.4, -0.2) is 24.0 Å². The first-order valence-corrected chi connectivity index (χ1v) is 5.41. The molecule has 1 aromatic heterocycles. The molecule has 2 rings (SSSR count). The summed E-state index contributed by atoms with van der Waals surface area (Å²) in [4.78, 5) is 6.57. The van der Waals surface area contributed by atoms with E-state index in [1.54, 1.807) is 0 Å². The zero-order valence-corrected chi connectivity index (χ0v) is 9.72. The Morgan fingerprint density at radius 1 is 0.938 bits per heavy atom. The van der Waals surface area contributed by atoms with Crippen LogP contribution in [0.3, 0.4) is 0 Å². The Bertz CT molecular complexity index is 432. The van der Waals surface area contributed by atoms with Gasteiger partial charge in [-0.3, -0.25) is 4.98 Å². The van der Waals surface area contributed by atoms with E-state index in [4.69, 9.17) is 0 Å². The molecule has 2 heteroatoms. The molecule has 1 aromatic carbocycles. The van der Waals surface area contributed by atoms with E-state index in [0.29, 0.717) is 0 Å². The molecule has 16 heavy (non-hydrogen) atoms. The monoisotopic (exact) mass is 212 g/mol. The molecule has 0 N–H and O–H groups in total. The van der Waals surface area contributed by atoms with Crippen LogP contribution in [0.25, 0.3) is 11.1 Å². The van der Waals surface area contributed by atoms with Gasteiger partial charge in [-0.25, -0.2) is 0 Å². The molecule has 0 bridgehead atoms. The molecule has 0 amide bonds. The fourth-order valence-corrected chi connectivity index (χ4v) is 1.64. The lowest BCUT2D eigenvalue weighted by Gasteiger charge is -2.09. The summed E-state index contributed by atoms with van der Waals surface area (Å²) in [5.41, 5.74) is 3.49. The first kappa shape index (κ1) is 10.8. The van der Waals surface area contributed by atoms with Crippen molar-refractivity contribution < 1.29 is 0 Å². The molecule has 0 atom stereocenters. The Kier molecular flexibility index (Phi) is 3.32. The summed E-state index contributed by atoms with van der Waals surface area (Å²) in [6.07, 6.45) is 1.94. The summed E-state index contributed by atoms with van der Waals surface area (Å²) in [6.45, 7) is 0.884. The number of benzene rings is 1. The van der Waals surface area contributed by atoms with Gasteiger partial charge >= 0.3 is 0 Å². The van der Waals surface area contributed by atoms with Crippen molar-refractivity contribution in [2.45, 2.75) is 6.54 Å². The molecule has 2 aromatic rings. The minimum Gasteiger partial charge on any atom is -0.304 e. The Labute approximate surface area is 96.6 Å². The van der Waals surface area contributed by atoms with Gasteiger partial charge in [0.1, 0.15) is 0 Å². The molecule has 0 unspecified atom stereocenters. The maximum atomic E-state index is 4.45. The molecule has 0 spiro atoms. The zero-order chi connectivity index (χ0) is 11.4. The highest BCUT2D eigenvalue weighted by Gasteiger charge is 1.99. The first-order chi connectivity index (χ1) is 7.75. The van der Waals surface area contributed by atoms with Crippen LogP contribution in [0.15, 0.2) is 48.7 Å². The number of rotatable bonds is 3. The van der Waals surface area contributed by atoms with Crippen LogP contribution in [0.1, 0.15) is 5.69 Å². The predicted octanol–water partition coefficient (Wildman–Crippen LogP) is 2.81. The van der Waals surface area contributed by atoms with Crippen LogP contribution < -0.4 is 0 Å². The molecule has 1 heterocycles. The summed E-state index contributed by atoms with van der Waals surface area (Å²) >= 11 is 0. The molecule has 0 saturated carbocycles. The zero-order valence-electron chi connectivity index (χ0n) is 9.72. The van der Waals surface area contributed by atoms with Crippen LogP contribution in [0.5, 0.6) is 0 Å². The third-order valence-electron chi connectivity index (χ3n) is 2.41. The second-order valence-corrected chi connectivity index (χ2v) is 4.14. The number of pyridine rings is 1. The number of nitrogens with zero attached hydrogens (tertiary/aromatic N) is 2. The van der Waals surface area contributed by atoms with E-state index in [1.807, 2.05) is 38.5 Å². The minimum atomic E-state index is 0.884. The molecule has 0 aliphatic heterocycles. The van der Waals surface area contributed by atoms with Crippen molar-refractivity contribution in [3.05, 3.63) is 54.4 Å². The third-order valence-corrected chi connectivity index (χ3v) is 2.41. The summed E-state index contributed by atoms with van der Waals surface area (Å²) in [5.74, 6) is 0. The van der Waals surface area contributed by atoms with E-state index in [-0.39, 0.29) is 0 Å². The van der Waals surface area contributed by atoms with Crippen molar-refractivity contribution in [2.24, 2.45) is 0 Å². The Hall–Kier alpha value is -1.67. The minimum absolute atomic E-state index is 0.884. The van der Waals surface area contributed by atoms with Gasteiger partial charge in [0.25, 0.3) is 0 Å². The number of hydrogen-bond acceptors (Lipinski definition) is 2. The standard InChI is InChI=1S/C14H16N2/c1-16(2)11-14-9-8-13(10-15-14)12-6-4-3-5-7-12/h3-10H,11H2,1-2H3. The predicted molar refractivity (Wildman–Crippen MR) is 67.1 cm³/mol. The molecule has 0 radical (unpaired) electrons. The summed E-state index contributed by atoms with van der Waals surface area (Å²) < 4.78 is 0. The fourth-order valence-electron chi connectivity index (χ4n) is 1.64. The van der Waals surface area contributed by atoms with Crippen molar-refractivity contribution in [1.82, 2.24) is 9.88 Å². The lowest BCUT2D eigenvalue weighted by atomic mass is 10.1. The molecule has 0 saturated heterocycles. The fraction of sp³-hybridized carbons (Fsp3) is 0.214. The topological polar surface area (TPSA) is 16.1 Å². The second-order valence-electron chi connectivity index (χ2n) is 4.14. The quantitative estimate of drug-likeness (QED) is 0.777. The Balaban J connectivity index is 2.20. The second kappa shape index (κ2) is 4.90. The van der Waals surface area contributed by atoms with Crippen LogP contribution in [0.4, 0.5) is 0 Å². The summed E-state index contributed by atoms with van der Waals surface area (Å²) in [6, 6.07) is 14.5. The molecule has 0 fully saturated rings. The smallest absolute Gasteiger partial charge is 0.0544 e. The van der Waals surface area contributed by atoms with Gasteiger partial charge in [-0.15, -0.1) is 0 Å². The maximum absolute atomic E-state index is 4.45. The van der Waals surface area contributed by atoms with Crippen LogP contribution in [-0.2, 0) is 6.54 Å². The maximum Gasteiger partial charge on any atom is 0.0544 e. The average Bonchev–Trinajstić information content (AvgIpc) is 2.30. The lowest BCUT2D eigenvalue weighted by Crippen LogP contribution is -2.11.